The van der Waals surface area contributed by atoms with Crippen molar-refractivity contribution >= 4 is 34.8 Å². The van der Waals surface area contributed by atoms with Crippen LogP contribution in [-0.4, -0.2) is 4.98 Å². The lowest BCUT2D eigenvalue weighted by Gasteiger charge is -2.09. The highest BCUT2D eigenvalue weighted by Gasteiger charge is 2.15. The molecule has 2 rings (SSSR count). The van der Waals surface area contributed by atoms with Crippen LogP contribution in [0, 0.1) is 5.95 Å². The van der Waals surface area contributed by atoms with Gasteiger partial charge in [-0.2, -0.15) is 4.39 Å². The second-order valence-corrected chi connectivity index (χ2v) is 4.46. The maximum Gasteiger partial charge on any atom is 0.250 e. The number of nitrogens with one attached hydrogen (secondary N) is 1. The van der Waals surface area contributed by atoms with Crippen molar-refractivity contribution in [2.45, 2.75) is 0 Å². The van der Waals surface area contributed by atoms with Gasteiger partial charge in [-0.15, -0.1) is 0 Å². The number of rotatable bonds is 1. The summed E-state index contributed by atoms with van der Waals surface area (Å²) in [4.78, 5) is 13.0. The molecule has 0 aliphatic rings. The number of hydrogen-bond acceptors (Lipinski definition) is 1. The summed E-state index contributed by atoms with van der Waals surface area (Å²) >= 11 is 17.8. The minimum atomic E-state index is -0.802. The summed E-state index contributed by atoms with van der Waals surface area (Å²) in [6.45, 7) is 0. The first-order valence-corrected chi connectivity index (χ1v) is 5.67. The van der Waals surface area contributed by atoms with Crippen LogP contribution in [0.2, 0.25) is 15.1 Å². The number of benzene rings is 1. The van der Waals surface area contributed by atoms with E-state index in [-0.39, 0.29) is 26.2 Å². The third kappa shape index (κ3) is 2.32. The van der Waals surface area contributed by atoms with Gasteiger partial charge in [-0.3, -0.25) is 9.78 Å². The molecule has 1 aromatic carbocycles. The van der Waals surface area contributed by atoms with Crippen LogP contribution in [-0.2, 0) is 0 Å². The number of hydrogen-bond donors (Lipinski definition) is 1. The van der Waals surface area contributed by atoms with Crippen molar-refractivity contribution in [2.24, 2.45) is 0 Å². The van der Waals surface area contributed by atoms with Crippen molar-refractivity contribution < 1.29 is 4.39 Å². The Kier molecular flexibility index (Phi) is 3.43. The number of H-pyrrole nitrogens is 1. The van der Waals surface area contributed by atoms with Crippen molar-refractivity contribution in [3.8, 4) is 11.1 Å². The van der Waals surface area contributed by atoms with Gasteiger partial charge in [0.1, 0.15) is 0 Å². The Morgan fingerprint density at radius 3 is 2.29 bits per heavy atom. The molecule has 1 heterocycles. The van der Waals surface area contributed by atoms with E-state index in [9.17, 15) is 9.18 Å². The molecule has 0 saturated heterocycles. The smallest absolute Gasteiger partial charge is 0.250 e. The lowest BCUT2D eigenvalue weighted by atomic mass is 10.1. The summed E-state index contributed by atoms with van der Waals surface area (Å²) in [6, 6.07) is 5.51. The van der Waals surface area contributed by atoms with Crippen LogP contribution in [0.4, 0.5) is 4.39 Å². The van der Waals surface area contributed by atoms with Gasteiger partial charge < -0.3 is 0 Å². The molecule has 0 atom stereocenters. The Labute approximate surface area is 111 Å². The van der Waals surface area contributed by atoms with E-state index in [2.05, 4.69) is 0 Å². The van der Waals surface area contributed by atoms with Crippen molar-refractivity contribution in [3.05, 3.63) is 55.6 Å². The second kappa shape index (κ2) is 4.69. The van der Waals surface area contributed by atoms with Crippen molar-refractivity contribution in [1.29, 1.82) is 0 Å². The SMILES string of the molecule is O=c1ccc(-c2c(Cl)ccc(Cl)c2Cl)c(F)[nH]1. The summed E-state index contributed by atoms with van der Waals surface area (Å²) < 4.78 is 13.6. The van der Waals surface area contributed by atoms with Gasteiger partial charge >= 0.3 is 0 Å². The Hall–Kier alpha value is -1.03. The first kappa shape index (κ1) is 12.4. The normalized spacial score (nSPS) is 10.6. The molecule has 88 valence electrons. The molecule has 0 aliphatic heterocycles. The minimum Gasteiger partial charge on any atom is -0.298 e. The van der Waals surface area contributed by atoms with E-state index >= 15 is 0 Å². The van der Waals surface area contributed by atoms with Gasteiger partial charge in [0.2, 0.25) is 11.5 Å². The molecule has 0 radical (unpaired) electrons. The minimum absolute atomic E-state index is 0.0992. The van der Waals surface area contributed by atoms with Crippen LogP contribution < -0.4 is 5.56 Å². The number of halogens is 4. The third-order valence-electron chi connectivity index (χ3n) is 2.18. The van der Waals surface area contributed by atoms with E-state index in [0.29, 0.717) is 0 Å². The fourth-order valence-corrected chi connectivity index (χ4v) is 2.15. The lowest BCUT2D eigenvalue weighted by Crippen LogP contribution is -2.06. The third-order valence-corrected chi connectivity index (χ3v) is 3.30. The molecule has 2 aromatic rings. The lowest BCUT2D eigenvalue weighted by molar-refractivity contribution is 0.583. The van der Waals surface area contributed by atoms with Gasteiger partial charge in [-0.1, -0.05) is 34.8 Å². The molecule has 0 amide bonds. The quantitative estimate of drug-likeness (QED) is 0.622. The highest BCUT2D eigenvalue weighted by molar-refractivity contribution is 6.46. The summed E-state index contributed by atoms with van der Waals surface area (Å²) in [7, 11) is 0. The predicted molar refractivity (Wildman–Crippen MR) is 67.5 cm³/mol. The fraction of sp³-hybridized carbons (Fsp3) is 0. The van der Waals surface area contributed by atoms with E-state index < -0.39 is 11.5 Å². The predicted octanol–water partition coefficient (Wildman–Crippen LogP) is 4.14. The molecule has 0 unspecified atom stereocenters. The molecule has 0 fully saturated rings. The fourth-order valence-electron chi connectivity index (χ4n) is 1.42. The van der Waals surface area contributed by atoms with Crippen LogP contribution in [0.3, 0.4) is 0 Å². The molecule has 1 aromatic heterocycles. The van der Waals surface area contributed by atoms with Crippen molar-refractivity contribution in [3.63, 3.8) is 0 Å². The Morgan fingerprint density at radius 2 is 1.65 bits per heavy atom. The van der Waals surface area contributed by atoms with E-state index in [1.807, 2.05) is 4.98 Å². The van der Waals surface area contributed by atoms with E-state index in [4.69, 9.17) is 34.8 Å². The standard InChI is InChI=1S/C11H5Cl3FNO/c12-6-2-3-7(13)10(14)9(6)5-1-4-8(17)16-11(5)15/h1-4H,(H,16,17). The first-order chi connectivity index (χ1) is 8.00. The number of aromatic amines is 1. The summed E-state index contributed by atoms with van der Waals surface area (Å²) in [5.74, 6) is -0.802. The van der Waals surface area contributed by atoms with Gasteiger partial charge in [0, 0.05) is 17.2 Å². The van der Waals surface area contributed by atoms with Gasteiger partial charge in [0.25, 0.3) is 0 Å². The van der Waals surface area contributed by atoms with Crippen LogP contribution in [0.1, 0.15) is 0 Å². The summed E-state index contributed by atoms with van der Waals surface area (Å²) in [5, 5.41) is 0.659. The van der Waals surface area contributed by atoms with Gasteiger partial charge in [-0.05, 0) is 18.2 Å². The molecule has 17 heavy (non-hydrogen) atoms. The molecule has 6 heteroatoms. The van der Waals surface area contributed by atoms with Crippen LogP contribution in [0.25, 0.3) is 11.1 Å². The zero-order valence-electron chi connectivity index (χ0n) is 8.23. The van der Waals surface area contributed by atoms with Gasteiger partial charge in [-0.25, -0.2) is 0 Å². The monoisotopic (exact) mass is 291 g/mol. The van der Waals surface area contributed by atoms with E-state index in [1.165, 1.54) is 24.3 Å². The summed E-state index contributed by atoms with van der Waals surface area (Å²) in [5.41, 5.74) is -0.183. The van der Waals surface area contributed by atoms with Gasteiger partial charge in [0.15, 0.2) is 0 Å². The van der Waals surface area contributed by atoms with E-state index in [1.54, 1.807) is 0 Å². The number of pyridine rings is 1. The first-order valence-electron chi connectivity index (χ1n) is 4.53. The largest absolute Gasteiger partial charge is 0.298 e. The van der Waals surface area contributed by atoms with Crippen molar-refractivity contribution in [2.75, 3.05) is 0 Å². The molecule has 0 aliphatic carbocycles. The maximum absolute atomic E-state index is 13.6. The average molecular weight is 293 g/mol. The zero-order valence-corrected chi connectivity index (χ0v) is 10.5. The molecule has 0 spiro atoms. The Bertz CT molecular complexity index is 639. The molecule has 1 N–H and O–H groups in total. The molecule has 0 saturated carbocycles. The van der Waals surface area contributed by atoms with Crippen LogP contribution in [0.15, 0.2) is 29.1 Å². The highest BCUT2D eigenvalue weighted by Crippen LogP contribution is 2.39. The summed E-state index contributed by atoms with van der Waals surface area (Å²) in [6.07, 6.45) is 0. The highest BCUT2D eigenvalue weighted by atomic mass is 35.5. The number of aromatic nitrogens is 1. The van der Waals surface area contributed by atoms with Crippen LogP contribution >= 0.6 is 34.8 Å². The topological polar surface area (TPSA) is 32.9 Å². The second-order valence-electron chi connectivity index (χ2n) is 3.27. The zero-order chi connectivity index (χ0) is 12.6. The van der Waals surface area contributed by atoms with Gasteiger partial charge in [0.05, 0.1) is 15.1 Å². The maximum atomic E-state index is 13.6. The van der Waals surface area contributed by atoms with Crippen LogP contribution in [0.5, 0.6) is 0 Å². The molecular weight excluding hydrogens is 287 g/mol. The average Bonchev–Trinajstić information content (AvgIpc) is 2.27. The van der Waals surface area contributed by atoms with E-state index in [0.717, 1.165) is 0 Å². The molecule has 0 bridgehead atoms. The Balaban J connectivity index is 2.76. The van der Waals surface area contributed by atoms with Crippen molar-refractivity contribution in [1.82, 2.24) is 4.98 Å². The molecule has 2 nitrogen and oxygen atoms in total. The Morgan fingerprint density at radius 1 is 1.00 bits per heavy atom. The molecular formula is C11H5Cl3FNO.